The number of esters is 2. The molecule has 4 bridgehead atoms. The van der Waals surface area contributed by atoms with Crippen LogP contribution in [0.5, 0.6) is 0 Å². The molecule has 0 aromatic rings. The highest BCUT2D eigenvalue weighted by atomic mass is 16.8. The van der Waals surface area contributed by atoms with Crippen LogP contribution < -0.4 is 0 Å². The smallest absolute Gasteiger partial charge is 0.354 e. The number of aliphatic hydroxyl groups is 4. The molecule has 0 amide bonds. The number of Topliss-reactive ketones (excluding diaryl/α,β-unsaturated/α-hetero) is 2. The van der Waals surface area contributed by atoms with Gasteiger partial charge in [0, 0.05) is 37.5 Å². The molecule has 0 aliphatic carbocycles. The Labute approximate surface area is 354 Å². The summed E-state index contributed by atoms with van der Waals surface area (Å²) in [5, 5.41) is 43.3. The molecular weight excluding hydrogens is 776 g/mol. The molecule has 60 heavy (non-hydrogen) atoms. The zero-order chi connectivity index (χ0) is 43.9. The lowest BCUT2D eigenvalue weighted by Crippen LogP contribution is -2.58. The maximum absolute atomic E-state index is 13.5. The molecule has 0 aromatic heterocycles. The Morgan fingerprint density at radius 1 is 0.567 bits per heavy atom. The van der Waals surface area contributed by atoms with E-state index in [1.165, 1.54) is 0 Å². The van der Waals surface area contributed by atoms with Gasteiger partial charge in [0.25, 0.3) is 17.8 Å². The van der Waals surface area contributed by atoms with Gasteiger partial charge in [0.05, 0.1) is 36.6 Å². The Morgan fingerprint density at radius 3 is 1.53 bits per heavy atom. The summed E-state index contributed by atoms with van der Waals surface area (Å²) in [6.07, 6.45) is 13.5. The molecule has 4 N–H and O–H groups in total. The van der Waals surface area contributed by atoms with E-state index in [4.69, 9.17) is 28.4 Å². The second-order valence-electron chi connectivity index (χ2n) is 17.0. The molecule has 3 fully saturated rings. The fourth-order valence-electron chi connectivity index (χ4n) is 8.06. The van der Waals surface area contributed by atoms with Gasteiger partial charge in [0.1, 0.15) is 11.6 Å². The molecule has 12 atom stereocenters. The molecule has 4 rings (SSSR count). The van der Waals surface area contributed by atoms with E-state index < -0.39 is 78.3 Å². The standard InChI is InChI=1S/C46H68O14/c1-30-22-24-39-28-37(49)26-35(47)20-16-13-9-7-11-15-19-33(4)56-44(53)42-46(58-34(5)57-42)31(2)23-25-40(60-46)29-38(50)27-36(48)21-17-12-8-6-10-14-18-32(3)55-43(52)41(51)45(30,54)59-39/h6-13,30-33,35-36,39-42,47-48,51,54H,5,14-29H2,1-4H3. The molecule has 336 valence electrons. The Balaban J connectivity index is 1.38. The van der Waals surface area contributed by atoms with E-state index in [1.54, 1.807) is 20.8 Å². The number of aliphatic hydroxyl groups excluding tert-OH is 3. The van der Waals surface area contributed by atoms with E-state index in [0.717, 1.165) is 0 Å². The maximum atomic E-state index is 13.5. The number of carbonyl (C=O) groups is 4. The van der Waals surface area contributed by atoms with E-state index in [0.29, 0.717) is 77.0 Å². The van der Waals surface area contributed by atoms with Crippen molar-refractivity contribution < 1.29 is 68.0 Å². The molecule has 0 radical (unpaired) electrons. The van der Waals surface area contributed by atoms with Crippen LogP contribution in [0.25, 0.3) is 0 Å². The molecule has 14 nitrogen and oxygen atoms in total. The topological polar surface area (TPSA) is 205 Å². The van der Waals surface area contributed by atoms with Crippen LogP contribution in [0.15, 0.2) is 61.1 Å². The van der Waals surface area contributed by atoms with Crippen LogP contribution in [-0.2, 0) is 47.6 Å². The highest BCUT2D eigenvalue weighted by molar-refractivity contribution is 5.80. The molecule has 14 heteroatoms. The van der Waals surface area contributed by atoms with Gasteiger partial charge in [-0.15, -0.1) is 0 Å². The van der Waals surface area contributed by atoms with Crippen molar-refractivity contribution in [1.82, 2.24) is 0 Å². The van der Waals surface area contributed by atoms with Crippen molar-refractivity contribution in [1.29, 1.82) is 0 Å². The number of cyclic esters (lactones) is 2. The van der Waals surface area contributed by atoms with Crippen molar-refractivity contribution >= 4 is 23.5 Å². The molecule has 4 aliphatic rings. The van der Waals surface area contributed by atoms with Crippen LogP contribution in [0.3, 0.4) is 0 Å². The van der Waals surface area contributed by atoms with Gasteiger partial charge in [-0.05, 0) is 97.5 Å². The summed E-state index contributed by atoms with van der Waals surface area (Å²) >= 11 is 0. The molecule has 12 unspecified atom stereocenters. The number of allylic oxidation sites excluding steroid dienone is 8. The van der Waals surface area contributed by atoms with Crippen molar-refractivity contribution in [3.63, 3.8) is 0 Å². The second kappa shape index (κ2) is 23.5. The first-order valence-electron chi connectivity index (χ1n) is 21.8. The number of ether oxygens (including phenoxy) is 6. The zero-order valence-electron chi connectivity index (χ0n) is 35.8. The minimum absolute atomic E-state index is 0.0412. The van der Waals surface area contributed by atoms with Crippen LogP contribution in [-0.4, -0.2) is 104 Å². The fraction of sp³-hybridized carbons (Fsp3) is 0.696. The maximum Gasteiger partial charge on any atom is 0.354 e. The number of hydrogen-bond acceptors (Lipinski definition) is 14. The highest BCUT2D eigenvalue weighted by Gasteiger charge is 2.61. The van der Waals surface area contributed by atoms with Crippen LogP contribution in [0.4, 0.5) is 0 Å². The Hall–Kier alpha value is -3.66. The summed E-state index contributed by atoms with van der Waals surface area (Å²) in [7, 11) is 0. The van der Waals surface area contributed by atoms with Gasteiger partial charge in [-0.1, -0.05) is 62.5 Å². The Morgan fingerprint density at radius 2 is 1.02 bits per heavy atom. The zero-order valence-corrected chi connectivity index (χ0v) is 35.8. The first-order chi connectivity index (χ1) is 28.5. The Bertz CT molecular complexity index is 1570. The number of fused-ring (bicyclic) bond motifs is 3. The molecule has 4 heterocycles. The summed E-state index contributed by atoms with van der Waals surface area (Å²) in [6, 6.07) is 0. The third-order valence-electron chi connectivity index (χ3n) is 11.7. The molecule has 0 aromatic carbocycles. The minimum Gasteiger partial charge on any atom is -0.461 e. The monoisotopic (exact) mass is 844 g/mol. The van der Waals surface area contributed by atoms with Gasteiger partial charge in [0.15, 0.2) is 0 Å². The average molecular weight is 845 g/mol. The molecule has 1 spiro atoms. The fourth-order valence-corrected chi connectivity index (χ4v) is 8.06. The SMILES string of the molecule is C=C1OC2C(=O)OC(C)CCC=CC=CCCC(O)CC(=O)CC3CCC(C)C(O)(O3)C(O)C(=O)OC(C)CCC=CC=CCCC(O)CC(=O)CC3CCC(C)C2(O1)O3. The van der Waals surface area contributed by atoms with Gasteiger partial charge < -0.3 is 48.8 Å². The van der Waals surface area contributed by atoms with Gasteiger partial charge >= 0.3 is 11.9 Å². The van der Waals surface area contributed by atoms with Crippen molar-refractivity contribution in [3.8, 4) is 0 Å². The Kier molecular flexibility index (Phi) is 19.2. The lowest BCUT2D eigenvalue weighted by molar-refractivity contribution is -0.316. The predicted molar refractivity (Wildman–Crippen MR) is 220 cm³/mol. The molecular formula is C46H68O14. The van der Waals surface area contributed by atoms with Gasteiger partial charge in [-0.3, -0.25) is 9.59 Å². The van der Waals surface area contributed by atoms with Crippen LogP contribution in [0.2, 0.25) is 0 Å². The van der Waals surface area contributed by atoms with Gasteiger partial charge in [-0.25, -0.2) is 9.59 Å². The lowest BCUT2D eigenvalue weighted by Gasteiger charge is -2.43. The van der Waals surface area contributed by atoms with E-state index >= 15 is 0 Å². The number of ketones is 2. The predicted octanol–water partition coefficient (Wildman–Crippen LogP) is 5.89. The first-order valence-corrected chi connectivity index (χ1v) is 21.8. The average Bonchev–Trinajstić information content (AvgIpc) is 3.51. The van der Waals surface area contributed by atoms with Crippen molar-refractivity contribution in [2.24, 2.45) is 11.8 Å². The second-order valence-corrected chi connectivity index (χ2v) is 17.0. The van der Waals surface area contributed by atoms with Crippen LogP contribution >= 0.6 is 0 Å². The van der Waals surface area contributed by atoms with Crippen molar-refractivity contribution in [2.45, 2.75) is 191 Å². The van der Waals surface area contributed by atoms with Crippen LogP contribution in [0, 0.1) is 11.8 Å². The minimum atomic E-state index is -2.23. The molecule has 4 aliphatic heterocycles. The number of rotatable bonds is 0. The number of carbonyl (C=O) groups excluding carboxylic acids is 4. The largest absolute Gasteiger partial charge is 0.461 e. The van der Waals surface area contributed by atoms with Crippen molar-refractivity contribution in [2.75, 3.05) is 0 Å². The quantitative estimate of drug-likeness (QED) is 0.210. The third kappa shape index (κ3) is 14.5. The van der Waals surface area contributed by atoms with E-state index in [9.17, 15) is 39.6 Å². The molecule has 3 saturated heterocycles. The summed E-state index contributed by atoms with van der Waals surface area (Å²) < 4.78 is 35.0. The third-order valence-corrected chi connectivity index (χ3v) is 11.7. The summed E-state index contributed by atoms with van der Waals surface area (Å²) in [6.45, 7) is 10.8. The highest BCUT2D eigenvalue weighted by Crippen LogP contribution is 2.46. The normalized spacial score (nSPS) is 38.4. The van der Waals surface area contributed by atoms with E-state index in [2.05, 4.69) is 6.58 Å². The van der Waals surface area contributed by atoms with Crippen LogP contribution in [0.1, 0.15) is 130 Å². The van der Waals surface area contributed by atoms with Gasteiger partial charge in [-0.2, -0.15) is 0 Å². The summed E-state index contributed by atoms with van der Waals surface area (Å²) in [5.41, 5.74) is 0. The molecule has 0 saturated carbocycles. The number of hydrogen-bond donors (Lipinski definition) is 4. The first kappa shape index (κ1) is 49.0. The van der Waals surface area contributed by atoms with E-state index in [1.807, 2.05) is 55.5 Å². The lowest BCUT2D eigenvalue weighted by atomic mass is 9.85. The summed E-state index contributed by atoms with van der Waals surface area (Å²) in [4.78, 5) is 52.2. The van der Waals surface area contributed by atoms with Gasteiger partial charge in [0.2, 0.25) is 11.9 Å². The summed E-state index contributed by atoms with van der Waals surface area (Å²) in [5.74, 6) is -6.72. The van der Waals surface area contributed by atoms with E-state index in [-0.39, 0.29) is 49.1 Å². The van der Waals surface area contributed by atoms with Crippen molar-refractivity contribution in [3.05, 3.63) is 61.1 Å².